The average Bonchev–Trinajstić information content (AvgIpc) is 2.64. The van der Waals surface area contributed by atoms with E-state index in [4.69, 9.17) is 39.5 Å². The molecule has 7 heteroatoms. The van der Waals surface area contributed by atoms with Crippen LogP contribution >= 0.6 is 34.8 Å². The number of piperidine rings is 1. The minimum absolute atomic E-state index is 0.0255. The molecule has 2 aromatic carbocycles. The molecule has 1 fully saturated rings. The first-order valence-electron chi connectivity index (χ1n) is 8.77. The second-order valence-corrected chi connectivity index (χ2v) is 7.92. The molecule has 1 atom stereocenters. The van der Waals surface area contributed by atoms with Gasteiger partial charge in [-0.15, -0.1) is 0 Å². The molecule has 1 unspecified atom stereocenters. The van der Waals surface area contributed by atoms with Gasteiger partial charge in [0.1, 0.15) is 5.75 Å². The largest absolute Gasteiger partial charge is 0.495 e. The van der Waals surface area contributed by atoms with Crippen LogP contribution in [0.3, 0.4) is 0 Å². The Balaban J connectivity index is 1.65. The minimum Gasteiger partial charge on any atom is -0.495 e. The van der Waals surface area contributed by atoms with Gasteiger partial charge in [0.05, 0.1) is 18.7 Å². The molecular weight excluding hydrogens is 407 g/mol. The molecule has 0 radical (unpaired) electrons. The molecule has 1 aliphatic rings. The molecule has 1 saturated heterocycles. The van der Waals surface area contributed by atoms with E-state index < -0.39 is 0 Å². The van der Waals surface area contributed by atoms with E-state index in [1.165, 1.54) is 0 Å². The quantitative estimate of drug-likeness (QED) is 0.684. The van der Waals surface area contributed by atoms with Gasteiger partial charge in [-0.2, -0.15) is 0 Å². The summed E-state index contributed by atoms with van der Waals surface area (Å²) in [4.78, 5) is 15.0. The number of ether oxygens (including phenoxy) is 1. The van der Waals surface area contributed by atoms with Crippen molar-refractivity contribution in [2.75, 3.05) is 25.5 Å². The lowest BCUT2D eigenvalue weighted by Gasteiger charge is -2.32. The van der Waals surface area contributed by atoms with Crippen LogP contribution in [-0.2, 0) is 11.3 Å². The maximum Gasteiger partial charge on any atom is 0.228 e. The summed E-state index contributed by atoms with van der Waals surface area (Å²) >= 11 is 18.3. The van der Waals surface area contributed by atoms with Crippen LogP contribution in [0.5, 0.6) is 5.75 Å². The van der Waals surface area contributed by atoms with Gasteiger partial charge in [-0.1, -0.05) is 40.9 Å². The number of rotatable bonds is 5. The highest BCUT2D eigenvalue weighted by Crippen LogP contribution is 2.29. The van der Waals surface area contributed by atoms with E-state index >= 15 is 0 Å². The molecule has 1 heterocycles. The van der Waals surface area contributed by atoms with Gasteiger partial charge in [0.15, 0.2) is 0 Å². The molecule has 0 spiro atoms. The second kappa shape index (κ2) is 9.16. The maximum absolute atomic E-state index is 12.8. The number of nitrogens with zero attached hydrogens (tertiary/aromatic N) is 1. The van der Waals surface area contributed by atoms with E-state index in [0.717, 1.165) is 24.9 Å². The topological polar surface area (TPSA) is 41.6 Å². The Labute approximate surface area is 174 Å². The zero-order valence-corrected chi connectivity index (χ0v) is 17.2. The van der Waals surface area contributed by atoms with E-state index in [1.807, 2.05) is 12.1 Å². The fourth-order valence-electron chi connectivity index (χ4n) is 3.32. The summed E-state index contributed by atoms with van der Waals surface area (Å²) in [6.45, 7) is 2.30. The van der Waals surface area contributed by atoms with Crippen LogP contribution in [-0.4, -0.2) is 31.0 Å². The Morgan fingerprint density at radius 1 is 1.19 bits per heavy atom. The van der Waals surface area contributed by atoms with Crippen LogP contribution in [0.15, 0.2) is 36.4 Å². The number of methoxy groups -OCH3 is 1. The molecular formula is C20H21Cl3N2O2. The molecule has 0 saturated carbocycles. The molecule has 1 aliphatic heterocycles. The van der Waals surface area contributed by atoms with Crippen molar-refractivity contribution in [2.45, 2.75) is 19.4 Å². The summed E-state index contributed by atoms with van der Waals surface area (Å²) in [5.41, 5.74) is 1.60. The van der Waals surface area contributed by atoms with Gasteiger partial charge in [-0.05, 0) is 55.3 Å². The van der Waals surface area contributed by atoms with Gasteiger partial charge in [0, 0.05) is 28.2 Å². The molecule has 0 aliphatic carbocycles. The number of carbonyl (C=O) groups is 1. The van der Waals surface area contributed by atoms with E-state index in [1.54, 1.807) is 31.4 Å². The van der Waals surface area contributed by atoms with Crippen molar-refractivity contribution < 1.29 is 9.53 Å². The monoisotopic (exact) mass is 426 g/mol. The first-order valence-corrected chi connectivity index (χ1v) is 9.90. The van der Waals surface area contributed by atoms with Crippen molar-refractivity contribution in [3.05, 3.63) is 57.0 Å². The minimum atomic E-state index is -0.103. The summed E-state index contributed by atoms with van der Waals surface area (Å²) < 4.78 is 5.30. The predicted molar refractivity (Wildman–Crippen MR) is 111 cm³/mol. The molecule has 27 heavy (non-hydrogen) atoms. The summed E-state index contributed by atoms with van der Waals surface area (Å²) in [6, 6.07) is 10.7. The Bertz CT molecular complexity index is 829. The lowest BCUT2D eigenvalue weighted by molar-refractivity contribution is -0.121. The predicted octanol–water partition coefficient (Wildman–Crippen LogP) is 5.51. The number of benzene rings is 2. The Kier molecular flexibility index (Phi) is 6.88. The lowest BCUT2D eigenvalue weighted by atomic mass is 9.96. The summed E-state index contributed by atoms with van der Waals surface area (Å²) in [5, 5.41) is 4.78. The number of halogens is 3. The van der Waals surface area contributed by atoms with Gasteiger partial charge in [0.25, 0.3) is 0 Å². The number of carbonyl (C=O) groups excluding carboxylic acids is 1. The highest BCUT2D eigenvalue weighted by Gasteiger charge is 2.26. The molecule has 144 valence electrons. The van der Waals surface area contributed by atoms with Crippen molar-refractivity contribution in [1.29, 1.82) is 0 Å². The standard InChI is InChI=1S/C20H21Cl3N2O2/c1-27-19-7-6-16(22)10-18(19)24-20(26)14-3-2-8-25(12-14)11-13-4-5-15(21)9-17(13)23/h4-7,9-10,14H,2-3,8,11-12H2,1H3,(H,24,26). The van der Waals surface area contributed by atoms with E-state index in [0.29, 0.717) is 39.6 Å². The number of nitrogens with one attached hydrogen (secondary N) is 1. The molecule has 0 bridgehead atoms. The second-order valence-electron chi connectivity index (χ2n) is 6.64. The smallest absolute Gasteiger partial charge is 0.228 e. The first kappa shape index (κ1) is 20.3. The van der Waals surface area contributed by atoms with Crippen LogP contribution < -0.4 is 10.1 Å². The number of hydrogen-bond acceptors (Lipinski definition) is 3. The Morgan fingerprint density at radius 2 is 1.93 bits per heavy atom. The molecule has 4 nitrogen and oxygen atoms in total. The SMILES string of the molecule is COc1ccc(Cl)cc1NC(=O)C1CCCN(Cc2ccc(Cl)cc2Cl)C1. The fourth-order valence-corrected chi connectivity index (χ4v) is 3.96. The Morgan fingerprint density at radius 3 is 2.67 bits per heavy atom. The first-order chi connectivity index (χ1) is 13.0. The molecule has 0 aromatic heterocycles. The number of amides is 1. The van der Waals surface area contributed by atoms with E-state index in [2.05, 4.69) is 10.2 Å². The average molecular weight is 428 g/mol. The highest BCUT2D eigenvalue weighted by molar-refractivity contribution is 6.35. The van der Waals surface area contributed by atoms with Crippen molar-refractivity contribution in [2.24, 2.45) is 5.92 Å². The molecule has 1 N–H and O–H groups in total. The van der Waals surface area contributed by atoms with Gasteiger partial charge < -0.3 is 10.1 Å². The van der Waals surface area contributed by atoms with Gasteiger partial charge >= 0.3 is 0 Å². The summed E-state index contributed by atoms with van der Waals surface area (Å²) in [6.07, 6.45) is 1.80. The zero-order chi connectivity index (χ0) is 19.4. The zero-order valence-electron chi connectivity index (χ0n) is 15.0. The number of hydrogen-bond donors (Lipinski definition) is 1. The van der Waals surface area contributed by atoms with Gasteiger partial charge in [0.2, 0.25) is 5.91 Å². The molecule has 3 rings (SSSR count). The molecule has 2 aromatic rings. The van der Waals surface area contributed by atoms with E-state index in [-0.39, 0.29) is 11.8 Å². The summed E-state index contributed by atoms with van der Waals surface area (Å²) in [7, 11) is 1.57. The van der Waals surface area contributed by atoms with Crippen molar-refractivity contribution in [3.8, 4) is 5.75 Å². The van der Waals surface area contributed by atoms with Gasteiger partial charge in [-0.3, -0.25) is 9.69 Å². The van der Waals surface area contributed by atoms with Crippen LogP contribution in [0.4, 0.5) is 5.69 Å². The van der Waals surface area contributed by atoms with Crippen molar-refractivity contribution >= 4 is 46.4 Å². The van der Waals surface area contributed by atoms with Crippen LogP contribution in [0.25, 0.3) is 0 Å². The van der Waals surface area contributed by atoms with Crippen molar-refractivity contribution in [1.82, 2.24) is 4.90 Å². The lowest BCUT2D eigenvalue weighted by Crippen LogP contribution is -2.40. The third kappa shape index (κ3) is 5.29. The van der Waals surface area contributed by atoms with Crippen LogP contribution in [0.2, 0.25) is 15.1 Å². The maximum atomic E-state index is 12.8. The van der Waals surface area contributed by atoms with Crippen molar-refractivity contribution in [3.63, 3.8) is 0 Å². The molecule has 1 amide bonds. The number of anilines is 1. The summed E-state index contributed by atoms with van der Waals surface area (Å²) in [5.74, 6) is 0.462. The third-order valence-electron chi connectivity index (χ3n) is 4.70. The highest BCUT2D eigenvalue weighted by atomic mass is 35.5. The van der Waals surface area contributed by atoms with Crippen LogP contribution in [0.1, 0.15) is 18.4 Å². The Hall–Kier alpha value is -1.46. The van der Waals surface area contributed by atoms with Gasteiger partial charge in [-0.25, -0.2) is 0 Å². The fraction of sp³-hybridized carbons (Fsp3) is 0.350. The normalized spacial score (nSPS) is 17.6. The van der Waals surface area contributed by atoms with E-state index in [9.17, 15) is 4.79 Å². The number of likely N-dealkylation sites (tertiary alicyclic amines) is 1. The van der Waals surface area contributed by atoms with Crippen LogP contribution in [0, 0.1) is 5.92 Å². The third-order valence-corrected chi connectivity index (χ3v) is 5.53.